The van der Waals surface area contributed by atoms with Gasteiger partial charge in [0, 0.05) is 29.7 Å². The fourth-order valence-corrected chi connectivity index (χ4v) is 3.00. The van der Waals surface area contributed by atoms with Crippen molar-refractivity contribution in [2.75, 3.05) is 20.2 Å². The van der Waals surface area contributed by atoms with Crippen molar-refractivity contribution in [3.05, 3.63) is 65.7 Å². The molecule has 0 bridgehead atoms. The van der Waals surface area contributed by atoms with Crippen molar-refractivity contribution >= 4 is 11.6 Å². The lowest BCUT2D eigenvalue weighted by Crippen LogP contribution is -3.11. The maximum absolute atomic E-state index is 12.1. The van der Waals surface area contributed by atoms with Gasteiger partial charge in [0.15, 0.2) is 0 Å². The first-order chi connectivity index (χ1) is 12.2. The number of hydrazone groups is 1. The molecule has 0 aliphatic carbocycles. The molecule has 1 saturated heterocycles. The van der Waals surface area contributed by atoms with Crippen LogP contribution in [0.3, 0.4) is 0 Å². The second-order valence-electron chi connectivity index (χ2n) is 6.26. The number of hydrogen-bond donors (Lipinski definition) is 2. The average molecular weight is 338 g/mol. The van der Waals surface area contributed by atoms with Crippen molar-refractivity contribution in [3.8, 4) is 5.75 Å². The van der Waals surface area contributed by atoms with Crippen LogP contribution in [-0.2, 0) is 6.54 Å². The molecule has 0 unspecified atom stereocenters. The van der Waals surface area contributed by atoms with Gasteiger partial charge in [-0.15, -0.1) is 0 Å². The number of methoxy groups -OCH3 is 1. The third kappa shape index (κ3) is 4.90. The molecule has 5 heteroatoms. The smallest absolute Gasteiger partial charge is 0.271 e. The van der Waals surface area contributed by atoms with Crippen LogP contribution < -0.4 is 15.1 Å². The first kappa shape index (κ1) is 17.2. The Morgan fingerprint density at radius 3 is 2.40 bits per heavy atom. The topological polar surface area (TPSA) is 55.1 Å². The number of carbonyl (C=O) groups is 1. The summed E-state index contributed by atoms with van der Waals surface area (Å²) in [7, 11) is 1.60. The third-order valence-corrected chi connectivity index (χ3v) is 4.50. The van der Waals surface area contributed by atoms with Gasteiger partial charge < -0.3 is 9.64 Å². The minimum Gasteiger partial charge on any atom is -0.497 e. The van der Waals surface area contributed by atoms with Crippen LogP contribution in [0, 0.1) is 0 Å². The first-order valence-corrected chi connectivity index (χ1v) is 8.62. The van der Waals surface area contributed by atoms with Gasteiger partial charge in [0.1, 0.15) is 12.3 Å². The van der Waals surface area contributed by atoms with Crippen LogP contribution in [0.1, 0.15) is 28.8 Å². The standard InChI is InChI=1S/C20H23N3O2/c1-25-19-9-7-17(8-10-19)20(24)22-21-18-11-13-23(14-12-18)15-16-5-3-2-4-6-16/h2-10H,11-15H2,1H3,(H,22,24)/p+1. The van der Waals surface area contributed by atoms with Gasteiger partial charge in [-0.25, -0.2) is 5.43 Å². The number of ether oxygens (including phenoxy) is 1. The Kier molecular flexibility index (Phi) is 5.80. The lowest BCUT2D eigenvalue weighted by molar-refractivity contribution is -0.914. The molecule has 2 aromatic carbocycles. The summed E-state index contributed by atoms with van der Waals surface area (Å²) in [5, 5.41) is 4.32. The molecule has 1 heterocycles. The Bertz CT molecular complexity index is 716. The van der Waals surface area contributed by atoms with Gasteiger partial charge in [-0.1, -0.05) is 30.3 Å². The second kappa shape index (κ2) is 8.44. The minimum atomic E-state index is -0.186. The summed E-state index contributed by atoms with van der Waals surface area (Å²) in [6.45, 7) is 3.14. The van der Waals surface area contributed by atoms with Gasteiger partial charge in [0.25, 0.3) is 5.91 Å². The molecule has 0 saturated carbocycles. The van der Waals surface area contributed by atoms with E-state index >= 15 is 0 Å². The average Bonchev–Trinajstić information content (AvgIpc) is 2.68. The highest BCUT2D eigenvalue weighted by atomic mass is 16.5. The van der Waals surface area contributed by atoms with Crippen molar-refractivity contribution in [1.29, 1.82) is 0 Å². The first-order valence-electron chi connectivity index (χ1n) is 8.62. The lowest BCUT2D eigenvalue weighted by Gasteiger charge is -2.24. The van der Waals surface area contributed by atoms with Crippen LogP contribution in [0.15, 0.2) is 59.7 Å². The minimum absolute atomic E-state index is 0.186. The summed E-state index contributed by atoms with van der Waals surface area (Å²) in [4.78, 5) is 13.7. The summed E-state index contributed by atoms with van der Waals surface area (Å²) >= 11 is 0. The Balaban J connectivity index is 1.48. The number of likely N-dealkylation sites (tertiary alicyclic amines) is 1. The van der Waals surface area contributed by atoms with Crippen LogP contribution in [0.25, 0.3) is 0 Å². The number of piperidine rings is 1. The number of rotatable bonds is 5. The molecule has 0 radical (unpaired) electrons. The molecule has 0 aromatic heterocycles. The molecule has 0 spiro atoms. The Morgan fingerprint density at radius 1 is 1.08 bits per heavy atom. The molecule has 1 amide bonds. The van der Waals surface area contributed by atoms with E-state index in [1.54, 1.807) is 36.3 Å². The van der Waals surface area contributed by atoms with Crippen molar-refractivity contribution in [2.24, 2.45) is 5.10 Å². The zero-order chi connectivity index (χ0) is 17.5. The largest absolute Gasteiger partial charge is 0.497 e. The highest BCUT2D eigenvalue weighted by molar-refractivity contribution is 5.95. The molecule has 1 aliphatic heterocycles. The quantitative estimate of drug-likeness (QED) is 0.815. The summed E-state index contributed by atoms with van der Waals surface area (Å²) in [5.41, 5.74) is 5.69. The Morgan fingerprint density at radius 2 is 1.76 bits per heavy atom. The van der Waals surface area contributed by atoms with E-state index in [-0.39, 0.29) is 5.91 Å². The predicted molar refractivity (Wildman–Crippen MR) is 98.0 cm³/mol. The fourth-order valence-electron chi connectivity index (χ4n) is 3.00. The van der Waals surface area contributed by atoms with E-state index in [1.165, 1.54) is 5.56 Å². The van der Waals surface area contributed by atoms with Gasteiger partial charge >= 0.3 is 0 Å². The number of carbonyl (C=O) groups excluding carboxylic acids is 1. The number of nitrogens with one attached hydrogen (secondary N) is 2. The van der Waals surface area contributed by atoms with Gasteiger partial charge in [-0.2, -0.15) is 5.10 Å². The molecule has 5 nitrogen and oxygen atoms in total. The molecular formula is C20H24N3O2+. The summed E-state index contributed by atoms with van der Waals surface area (Å²) in [5.74, 6) is 0.547. The number of quaternary nitrogens is 1. The van der Waals surface area contributed by atoms with E-state index in [4.69, 9.17) is 4.74 Å². The highest BCUT2D eigenvalue weighted by Gasteiger charge is 2.18. The normalized spacial score (nSPS) is 17.0. The Labute approximate surface area is 148 Å². The van der Waals surface area contributed by atoms with E-state index in [0.717, 1.165) is 43.9 Å². The molecule has 0 atom stereocenters. The zero-order valence-electron chi connectivity index (χ0n) is 14.5. The van der Waals surface area contributed by atoms with Crippen molar-refractivity contribution in [2.45, 2.75) is 19.4 Å². The number of nitrogens with zero attached hydrogens (tertiary/aromatic N) is 1. The van der Waals surface area contributed by atoms with E-state index in [1.807, 2.05) is 6.07 Å². The van der Waals surface area contributed by atoms with Crippen LogP contribution in [0.5, 0.6) is 5.75 Å². The third-order valence-electron chi connectivity index (χ3n) is 4.50. The van der Waals surface area contributed by atoms with Gasteiger partial charge in [-0.3, -0.25) is 4.79 Å². The highest BCUT2D eigenvalue weighted by Crippen LogP contribution is 2.11. The van der Waals surface area contributed by atoms with Crippen LogP contribution in [-0.4, -0.2) is 31.8 Å². The molecule has 2 aromatic rings. The molecule has 1 aliphatic rings. The van der Waals surface area contributed by atoms with E-state index in [9.17, 15) is 4.79 Å². The van der Waals surface area contributed by atoms with Crippen molar-refractivity contribution in [1.82, 2.24) is 5.43 Å². The van der Waals surface area contributed by atoms with Gasteiger partial charge in [-0.05, 0) is 24.3 Å². The zero-order valence-corrected chi connectivity index (χ0v) is 14.5. The summed E-state index contributed by atoms with van der Waals surface area (Å²) in [6, 6.07) is 17.6. The summed E-state index contributed by atoms with van der Waals surface area (Å²) < 4.78 is 5.10. The maximum Gasteiger partial charge on any atom is 0.271 e. The van der Waals surface area contributed by atoms with Crippen molar-refractivity contribution in [3.63, 3.8) is 0 Å². The number of benzene rings is 2. The molecule has 3 rings (SSSR count). The predicted octanol–water partition coefficient (Wildman–Crippen LogP) is 1.66. The lowest BCUT2D eigenvalue weighted by atomic mass is 10.1. The molecule has 2 N–H and O–H groups in total. The van der Waals surface area contributed by atoms with Crippen LogP contribution >= 0.6 is 0 Å². The van der Waals surface area contributed by atoms with Gasteiger partial charge in [0.05, 0.1) is 20.2 Å². The van der Waals surface area contributed by atoms with E-state index in [0.29, 0.717) is 5.56 Å². The maximum atomic E-state index is 12.1. The number of hydrogen-bond acceptors (Lipinski definition) is 3. The van der Waals surface area contributed by atoms with E-state index < -0.39 is 0 Å². The van der Waals surface area contributed by atoms with Crippen LogP contribution in [0.4, 0.5) is 0 Å². The molecule has 1 fully saturated rings. The molecule has 130 valence electrons. The van der Waals surface area contributed by atoms with E-state index in [2.05, 4.69) is 34.8 Å². The van der Waals surface area contributed by atoms with Gasteiger partial charge in [0.2, 0.25) is 0 Å². The molecule has 25 heavy (non-hydrogen) atoms. The Hall–Kier alpha value is -2.66. The summed E-state index contributed by atoms with van der Waals surface area (Å²) in [6.07, 6.45) is 1.84. The second-order valence-corrected chi connectivity index (χ2v) is 6.26. The van der Waals surface area contributed by atoms with Crippen LogP contribution in [0.2, 0.25) is 0 Å². The monoisotopic (exact) mass is 338 g/mol. The number of amides is 1. The van der Waals surface area contributed by atoms with Crippen molar-refractivity contribution < 1.29 is 14.4 Å². The fraction of sp³-hybridized carbons (Fsp3) is 0.300. The molecular weight excluding hydrogens is 314 g/mol. The SMILES string of the molecule is COc1ccc(C(=O)NN=C2CC[NH+](Cc3ccccc3)CC2)cc1.